The predicted octanol–water partition coefficient (Wildman–Crippen LogP) is 11.7. The fourth-order valence-electron chi connectivity index (χ4n) is 7.27. The van der Waals surface area contributed by atoms with Gasteiger partial charge in [-0.15, -0.1) is 41.3 Å². The van der Waals surface area contributed by atoms with Crippen molar-refractivity contribution in [1.82, 2.24) is 19.3 Å². The molecule has 5 nitrogen and oxygen atoms in total. The minimum absolute atomic E-state index is 0. The average molecular weight is 854 g/mol. The van der Waals surface area contributed by atoms with Crippen LogP contribution in [0.5, 0.6) is 11.5 Å². The van der Waals surface area contributed by atoms with Gasteiger partial charge in [0.1, 0.15) is 5.82 Å². The van der Waals surface area contributed by atoms with Gasteiger partial charge in [-0.3, -0.25) is 4.68 Å². The summed E-state index contributed by atoms with van der Waals surface area (Å²) in [6.07, 6.45) is 3.99. The fraction of sp³-hybridized carbons (Fsp3) is 0.289. The Hall–Kier alpha value is -4.47. The molecule has 0 N–H and O–H groups in total. The number of hydrogen-bond acceptors (Lipinski definition) is 3. The van der Waals surface area contributed by atoms with E-state index in [1.54, 1.807) is 0 Å². The number of benzene rings is 4. The monoisotopic (exact) mass is 853 g/mol. The normalized spacial score (nSPS) is 11.8. The van der Waals surface area contributed by atoms with E-state index in [1.165, 1.54) is 27.8 Å². The van der Waals surface area contributed by atoms with Gasteiger partial charge in [0.2, 0.25) is 0 Å². The van der Waals surface area contributed by atoms with Crippen molar-refractivity contribution in [2.75, 3.05) is 0 Å². The van der Waals surface area contributed by atoms with Crippen molar-refractivity contribution in [1.29, 1.82) is 0 Å². The zero-order valence-corrected chi connectivity index (χ0v) is 33.4. The van der Waals surface area contributed by atoms with Crippen LogP contribution in [0.15, 0.2) is 85.1 Å². The standard InChI is InChI=1S/C45H46N4O.Pt/c1-10-14-32-21-22-46-41(23-32)48-39-18-12-11-17-37(39)38-20-19-35(27-40(38)48)50-36-25-33(28(2)3)24-34(26-36)49-44(45(7,8)9)43(31(6)47-49)42-29(4)15-13-16-30(42)5;/h11-13,15-25,28H,10,14H2,1-9H3;/q-2;+2. The predicted molar refractivity (Wildman–Crippen MR) is 206 cm³/mol. The maximum absolute atomic E-state index is 6.69. The van der Waals surface area contributed by atoms with Crippen molar-refractivity contribution in [3.05, 3.63) is 131 Å². The Morgan fingerprint density at radius 2 is 1.55 bits per heavy atom. The molecule has 0 unspecified atom stereocenters. The van der Waals surface area contributed by atoms with E-state index in [2.05, 4.69) is 156 Å². The quantitative estimate of drug-likeness (QED) is 0.143. The van der Waals surface area contributed by atoms with Gasteiger partial charge in [-0.2, -0.15) is 11.2 Å². The molecule has 7 rings (SSSR count). The minimum atomic E-state index is -0.192. The molecule has 0 fully saturated rings. The molecule has 0 atom stereocenters. The van der Waals surface area contributed by atoms with Gasteiger partial charge in [-0.1, -0.05) is 89.9 Å². The molecule has 3 heterocycles. The number of fused-ring (bicyclic) bond motifs is 3. The van der Waals surface area contributed by atoms with E-state index in [4.69, 9.17) is 14.8 Å². The summed E-state index contributed by atoms with van der Waals surface area (Å²) in [7, 11) is 0. The van der Waals surface area contributed by atoms with Gasteiger partial charge in [-0.05, 0) is 84.6 Å². The van der Waals surface area contributed by atoms with Crippen LogP contribution in [0.4, 0.5) is 0 Å². The summed E-state index contributed by atoms with van der Waals surface area (Å²) in [5, 5.41) is 7.46. The van der Waals surface area contributed by atoms with E-state index in [9.17, 15) is 0 Å². The van der Waals surface area contributed by atoms with Crippen LogP contribution in [-0.2, 0) is 32.9 Å². The molecule has 0 aliphatic heterocycles. The number of rotatable bonds is 8. The first-order valence-corrected chi connectivity index (χ1v) is 17.8. The Kier molecular flexibility index (Phi) is 10.2. The first-order valence-electron chi connectivity index (χ1n) is 17.8. The van der Waals surface area contributed by atoms with E-state index in [0.717, 1.165) is 63.1 Å². The zero-order chi connectivity index (χ0) is 35.3. The molecule has 4 aromatic carbocycles. The van der Waals surface area contributed by atoms with Gasteiger partial charge < -0.3 is 9.30 Å². The third kappa shape index (κ3) is 6.81. The Morgan fingerprint density at radius 1 is 0.804 bits per heavy atom. The van der Waals surface area contributed by atoms with Crippen LogP contribution in [0.2, 0.25) is 0 Å². The molecule has 0 aliphatic carbocycles. The molecular weight excluding hydrogens is 808 g/mol. The Morgan fingerprint density at radius 3 is 2.25 bits per heavy atom. The van der Waals surface area contributed by atoms with Crippen molar-refractivity contribution in [3.8, 4) is 34.1 Å². The van der Waals surface area contributed by atoms with Crippen LogP contribution in [0.25, 0.3) is 44.4 Å². The summed E-state index contributed by atoms with van der Waals surface area (Å²) >= 11 is 0. The number of hydrogen-bond donors (Lipinski definition) is 0. The van der Waals surface area contributed by atoms with Crippen molar-refractivity contribution >= 4 is 21.8 Å². The smallest absolute Gasteiger partial charge is 0.509 e. The molecule has 3 aromatic heterocycles. The molecule has 0 aliphatic rings. The van der Waals surface area contributed by atoms with E-state index in [0.29, 0.717) is 11.5 Å². The Bertz CT molecular complexity index is 2350. The van der Waals surface area contributed by atoms with Crippen LogP contribution < -0.4 is 4.74 Å². The van der Waals surface area contributed by atoms with Crippen molar-refractivity contribution in [2.45, 2.75) is 86.5 Å². The van der Waals surface area contributed by atoms with Gasteiger partial charge in [0.05, 0.1) is 11.4 Å². The van der Waals surface area contributed by atoms with Crippen LogP contribution in [0.3, 0.4) is 0 Å². The molecule has 262 valence electrons. The molecule has 0 radical (unpaired) electrons. The SMILES string of the molecule is CCCc1ccnc(-n2c3[c-]c(Oc4[c-]c(-n5nc(C)c(-c6c(C)cccc6C)c5C(C)(C)C)cc(C(C)C)c4)ccc3c3ccccc32)c1.[Pt+2]. The molecule has 0 saturated heterocycles. The number of para-hydroxylation sites is 1. The molecule has 51 heavy (non-hydrogen) atoms. The molecule has 7 aromatic rings. The van der Waals surface area contributed by atoms with Crippen LogP contribution >= 0.6 is 0 Å². The summed E-state index contributed by atoms with van der Waals surface area (Å²) in [6.45, 7) is 19.9. The van der Waals surface area contributed by atoms with E-state index in [-0.39, 0.29) is 32.4 Å². The number of aryl methyl sites for hydroxylation is 4. The Labute approximate surface area is 317 Å². The molecular formula is C45H46N4OPt. The van der Waals surface area contributed by atoms with Crippen LogP contribution in [0, 0.1) is 32.9 Å². The summed E-state index contributed by atoms with van der Waals surface area (Å²) in [5.74, 6) is 2.41. The van der Waals surface area contributed by atoms with Gasteiger partial charge in [0.15, 0.2) is 0 Å². The summed E-state index contributed by atoms with van der Waals surface area (Å²) in [6, 6.07) is 35.0. The van der Waals surface area contributed by atoms with Crippen molar-refractivity contribution in [2.24, 2.45) is 0 Å². The second kappa shape index (κ2) is 14.3. The third-order valence-corrected chi connectivity index (χ3v) is 9.60. The topological polar surface area (TPSA) is 44.9 Å². The summed E-state index contributed by atoms with van der Waals surface area (Å²) < 4.78 is 11.0. The van der Waals surface area contributed by atoms with E-state index < -0.39 is 0 Å². The maximum Gasteiger partial charge on any atom is 2.00 e. The second-order valence-electron chi connectivity index (χ2n) is 14.9. The molecule has 0 spiro atoms. The van der Waals surface area contributed by atoms with E-state index >= 15 is 0 Å². The molecule has 0 saturated carbocycles. The number of pyridine rings is 1. The molecule has 0 bridgehead atoms. The van der Waals surface area contributed by atoms with Gasteiger partial charge >= 0.3 is 21.1 Å². The van der Waals surface area contributed by atoms with Gasteiger partial charge in [-0.25, -0.2) is 4.98 Å². The van der Waals surface area contributed by atoms with Crippen molar-refractivity contribution < 1.29 is 25.8 Å². The van der Waals surface area contributed by atoms with Gasteiger partial charge in [0, 0.05) is 34.2 Å². The maximum atomic E-state index is 6.69. The molecule has 0 amide bonds. The number of nitrogens with zero attached hydrogens (tertiary/aromatic N) is 4. The van der Waals surface area contributed by atoms with E-state index in [1.807, 2.05) is 12.3 Å². The first-order chi connectivity index (χ1) is 23.9. The third-order valence-electron chi connectivity index (χ3n) is 9.60. The zero-order valence-electron chi connectivity index (χ0n) is 31.1. The fourth-order valence-corrected chi connectivity index (χ4v) is 7.27. The van der Waals surface area contributed by atoms with Crippen LogP contribution in [0.1, 0.15) is 87.5 Å². The summed E-state index contributed by atoms with van der Waals surface area (Å²) in [5.41, 5.74) is 12.2. The second-order valence-corrected chi connectivity index (χ2v) is 14.9. The first kappa shape index (κ1) is 36.3. The number of aromatic nitrogens is 4. The minimum Gasteiger partial charge on any atom is -0.509 e. The van der Waals surface area contributed by atoms with Crippen molar-refractivity contribution in [3.63, 3.8) is 0 Å². The van der Waals surface area contributed by atoms with Gasteiger partial charge in [0.25, 0.3) is 0 Å². The molecule has 6 heteroatoms. The Balaban J connectivity index is 0.00000448. The summed E-state index contributed by atoms with van der Waals surface area (Å²) in [4.78, 5) is 4.81. The number of ether oxygens (including phenoxy) is 1. The largest absolute Gasteiger partial charge is 2.00 e. The van der Waals surface area contributed by atoms with Crippen LogP contribution in [-0.4, -0.2) is 19.3 Å². The average Bonchev–Trinajstić information content (AvgIpc) is 3.59.